The van der Waals surface area contributed by atoms with E-state index in [1.165, 1.54) is 25.7 Å². The topological polar surface area (TPSA) is 66.8 Å². The molecule has 0 aromatic carbocycles. The van der Waals surface area contributed by atoms with Gasteiger partial charge in [0.1, 0.15) is 5.78 Å². The van der Waals surface area contributed by atoms with Crippen LogP contribution < -0.4 is 0 Å². The van der Waals surface area contributed by atoms with E-state index < -0.39 is 0 Å². The highest BCUT2D eigenvalue weighted by molar-refractivity contribution is 5.74. The molecule has 0 rings (SSSR count). The molecule has 0 aromatic heterocycles. The van der Waals surface area contributed by atoms with Gasteiger partial charge < -0.3 is 19.7 Å². The van der Waals surface area contributed by atoms with Crippen LogP contribution in [0.5, 0.6) is 0 Å². The standard InChI is InChI=1S/C8H18O.C4H8O.C2H6O2/c1-3-5-7-9-8-6-4-2;1-3-4(2)5;3-1-2-4/h3-8H2,1-2H3;3H2,1-2H3;3-4H,1-2H2. The van der Waals surface area contributed by atoms with Crippen molar-refractivity contribution in [3.63, 3.8) is 0 Å². The Labute approximate surface area is 112 Å². The summed E-state index contributed by atoms with van der Waals surface area (Å²) >= 11 is 0. The van der Waals surface area contributed by atoms with Crippen molar-refractivity contribution in [3.05, 3.63) is 0 Å². The fourth-order valence-corrected chi connectivity index (χ4v) is 0.595. The number of unbranched alkanes of at least 4 members (excludes halogenated alkanes) is 2. The Morgan fingerprint density at radius 1 is 0.944 bits per heavy atom. The lowest BCUT2D eigenvalue weighted by Crippen LogP contribution is -1.95. The van der Waals surface area contributed by atoms with Crippen LogP contribution in [0.4, 0.5) is 0 Å². The third-order valence-electron chi connectivity index (χ3n) is 1.88. The summed E-state index contributed by atoms with van der Waals surface area (Å²) in [4.78, 5) is 9.81. The maximum Gasteiger partial charge on any atom is 0.129 e. The number of ether oxygens (including phenoxy) is 1. The summed E-state index contributed by atoms with van der Waals surface area (Å²) in [5.74, 6) is 0.255. The molecule has 18 heavy (non-hydrogen) atoms. The second-order valence-electron chi connectivity index (χ2n) is 3.82. The van der Waals surface area contributed by atoms with Gasteiger partial charge in [-0.1, -0.05) is 33.6 Å². The quantitative estimate of drug-likeness (QED) is 0.661. The Hall–Kier alpha value is -0.450. The minimum Gasteiger partial charge on any atom is -0.394 e. The highest BCUT2D eigenvalue weighted by atomic mass is 16.5. The number of rotatable bonds is 8. The van der Waals surface area contributed by atoms with Gasteiger partial charge in [-0.3, -0.25) is 0 Å². The van der Waals surface area contributed by atoms with Crippen LogP contribution >= 0.6 is 0 Å². The van der Waals surface area contributed by atoms with Gasteiger partial charge >= 0.3 is 0 Å². The van der Waals surface area contributed by atoms with Crippen molar-refractivity contribution >= 4 is 5.78 Å². The molecule has 0 amide bonds. The van der Waals surface area contributed by atoms with Crippen molar-refractivity contribution < 1.29 is 19.7 Å². The molecule has 2 N–H and O–H groups in total. The van der Waals surface area contributed by atoms with Crippen molar-refractivity contribution in [1.29, 1.82) is 0 Å². The van der Waals surface area contributed by atoms with E-state index in [1.54, 1.807) is 6.92 Å². The molecule has 0 aliphatic heterocycles. The number of aliphatic hydroxyl groups excluding tert-OH is 2. The van der Waals surface area contributed by atoms with Gasteiger partial charge in [-0.2, -0.15) is 0 Å². The first-order valence-electron chi connectivity index (χ1n) is 6.89. The molecule has 0 aromatic rings. The molecule has 112 valence electrons. The lowest BCUT2D eigenvalue weighted by molar-refractivity contribution is -0.116. The summed E-state index contributed by atoms with van der Waals surface area (Å²) < 4.78 is 5.31. The van der Waals surface area contributed by atoms with Gasteiger partial charge in [-0.05, 0) is 19.8 Å². The third-order valence-corrected chi connectivity index (χ3v) is 1.88. The number of aliphatic hydroxyl groups is 2. The van der Waals surface area contributed by atoms with Crippen molar-refractivity contribution in [3.8, 4) is 0 Å². The summed E-state index contributed by atoms with van der Waals surface area (Å²) in [6.07, 6.45) is 5.58. The molecule has 0 bridgehead atoms. The van der Waals surface area contributed by atoms with Gasteiger partial charge in [0.05, 0.1) is 13.2 Å². The molecule has 4 heteroatoms. The molecule has 0 fully saturated rings. The molecular formula is C14H32O4. The predicted octanol–water partition coefficient (Wildman–Crippen LogP) is 2.56. The van der Waals surface area contributed by atoms with E-state index in [4.69, 9.17) is 14.9 Å². The highest BCUT2D eigenvalue weighted by Gasteiger charge is 1.84. The summed E-state index contributed by atoms with van der Waals surface area (Å²) in [6, 6.07) is 0. The van der Waals surface area contributed by atoms with Crippen LogP contribution in [0.1, 0.15) is 59.8 Å². The van der Waals surface area contributed by atoms with E-state index in [9.17, 15) is 4.79 Å². The molecule has 0 radical (unpaired) electrons. The molecule has 0 saturated heterocycles. The first kappa shape index (κ1) is 22.7. The first-order valence-corrected chi connectivity index (χ1v) is 6.89. The summed E-state index contributed by atoms with van der Waals surface area (Å²) in [6.45, 7) is 9.46. The monoisotopic (exact) mass is 264 g/mol. The first-order chi connectivity index (χ1) is 8.60. The number of ketones is 1. The van der Waals surface area contributed by atoms with Gasteiger partial charge in [0.15, 0.2) is 0 Å². The van der Waals surface area contributed by atoms with Crippen LogP contribution in [0.25, 0.3) is 0 Å². The van der Waals surface area contributed by atoms with Gasteiger partial charge in [-0.15, -0.1) is 0 Å². The normalized spacial score (nSPS) is 8.78. The number of Topliss-reactive ketones (excluding diaryl/α,β-unsaturated/α-hetero) is 1. The van der Waals surface area contributed by atoms with Gasteiger partial charge in [0, 0.05) is 19.6 Å². The fraction of sp³-hybridized carbons (Fsp3) is 0.929. The van der Waals surface area contributed by atoms with Crippen molar-refractivity contribution in [2.24, 2.45) is 0 Å². The number of carbonyl (C=O) groups excluding carboxylic acids is 1. The molecule has 0 saturated carbocycles. The van der Waals surface area contributed by atoms with Crippen LogP contribution in [0.3, 0.4) is 0 Å². The Bertz CT molecular complexity index is 130. The lowest BCUT2D eigenvalue weighted by Gasteiger charge is -1.99. The maximum atomic E-state index is 9.81. The second-order valence-corrected chi connectivity index (χ2v) is 3.82. The van der Waals surface area contributed by atoms with Crippen molar-refractivity contribution in [1.82, 2.24) is 0 Å². The van der Waals surface area contributed by atoms with E-state index in [-0.39, 0.29) is 19.0 Å². The predicted molar refractivity (Wildman–Crippen MR) is 75.8 cm³/mol. The molecule has 4 nitrogen and oxygen atoms in total. The number of hydrogen-bond acceptors (Lipinski definition) is 4. The largest absolute Gasteiger partial charge is 0.394 e. The summed E-state index contributed by atoms with van der Waals surface area (Å²) in [5.41, 5.74) is 0. The number of hydrogen-bond donors (Lipinski definition) is 2. The molecule has 0 unspecified atom stereocenters. The number of carbonyl (C=O) groups is 1. The van der Waals surface area contributed by atoms with Gasteiger partial charge in [-0.25, -0.2) is 0 Å². The molecule has 0 atom stereocenters. The third kappa shape index (κ3) is 45.0. The molecule has 0 spiro atoms. The van der Waals surface area contributed by atoms with E-state index in [2.05, 4.69) is 13.8 Å². The zero-order valence-corrected chi connectivity index (χ0v) is 12.6. The summed E-state index contributed by atoms with van der Waals surface area (Å²) in [7, 11) is 0. The van der Waals surface area contributed by atoms with E-state index in [0.717, 1.165) is 13.2 Å². The Morgan fingerprint density at radius 2 is 1.28 bits per heavy atom. The van der Waals surface area contributed by atoms with Gasteiger partial charge in [0.25, 0.3) is 0 Å². The molecule has 0 heterocycles. The van der Waals surface area contributed by atoms with Crippen LogP contribution in [-0.2, 0) is 9.53 Å². The Balaban J connectivity index is -0.000000212. The fourth-order valence-electron chi connectivity index (χ4n) is 0.595. The second kappa shape index (κ2) is 25.4. The van der Waals surface area contributed by atoms with E-state index in [0.29, 0.717) is 6.42 Å². The lowest BCUT2D eigenvalue weighted by atomic mass is 10.3. The zero-order chi connectivity index (χ0) is 14.6. The average molecular weight is 264 g/mol. The van der Waals surface area contributed by atoms with Crippen LogP contribution in [0.15, 0.2) is 0 Å². The highest BCUT2D eigenvalue weighted by Crippen LogP contribution is 1.91. The Morgan fingerprint density at radius 3 is 1.44 bits per heavy atom. The van der Waals surface area contributed by atoms with Crippen LogP contribution in [-0.4, -0.2) is 42.4 Å². The van der Waals surface area contributed by atoms with Crippen molar-refractivity contribution in [2.75, 3.05) is 26.4 Å². The smallest absolute Gasteiger partial charge is 0.129 e. The minimum absolute atomic E-state index is 0.125. The molecule has 0 aliphatic rings. The maximum absolute atomic E-state index is 9.81. The average Bonchev–Trinajstić information content (AvgIpc) is 2.39. The summed E-state index contributed by atoms with van der Waals surface area (Å²) in [5, 5.41) is 15.2. The Kier molecular flexibility index (Phi) is 32.1. The van der Waals surface area contributed by atoms with Crippen LogP contribution in [0.2, 0.25) is 0 Å². The molecular weight excluding hydrogens is 232 g/mol. The zero-order valence-electron chi connectivity index (χ0n) is 12.6. The van der Waals surface area contributed by atoms with E-state index >= 15 is 0 Å². The van der Waals surface area contributed by atoms with Crippen molar-refractivity contribution in [2.45, 2.75) is 59.8 Å². The molecule has 0 aliphatic carbocycles. The van der Waals surface area contributed by atoms with E-state index in [1.807, 2.05) is 6.92 Å². The minimum atomic E-state index is -0.125. The SMILES string of the molecule is CCC(C)=O.CCCCOCCCC.OCCO. The van der Waals surface area contributed by atoms with Crippen LogP contribution in [0, 0.1) is 0 Å². The van der Waals surface area contributed by atoms with Gasteiger partial charge in [0.2, 0.25) is 0 Å².